The normalized spacial score (nSPS) is 18.2. The first-order chi connectivity index (χ1) is 14.7. The third-order valence-corrected chi connectivity index (χ3v) is 6.22. The van der Waals surface area contributed by atoms with Crippen LogP contribution in [0.5, 0.6) is 0 Å². The molecule has 0 N–H and O–H groups in total. The van der Waals surface area contributed by atoms with E-state index in [1.165, 1.54) is 16.7 Å². The maximum atomic E-state index is 6.12. The van der Waals surface area contributed by atoms with E-state index in [1.54, 1.807) is 17.5 Å². The number of ether oxygens (including phenoxy) is 1. The molecule has 1 atom stereocenters. The highest BCUT2D eigenvalue weighted by atomic mass is 35.5. The molecule has 0 amide bonds. The Morgan fingerprint density at radius 2 is 1.80 bits per heavy atom. The van der Waals surface area contributed by atoms with Gasteiger partial charge < -0.3 is 9.30 Å². The summed E-state index contributed by atoms with van der Waals surface area (Å²) in [5, 5.41) is 4.98. The van der Waals surface area contributed by atoms with Crippen LogP contribution in [0.3, 0.4) is 0 Å². The zero-order chi connectivity index (χ0) is 20.4. The molecule has 1 unspecified atom stereocenters. The van der Waals surface area contributed by atoms with Gasteiger partial charge in [-0.3, -0.25) is 0 Å². The molecule has 1 aliphatic rings. The van der Waals surface area contributed by atoms with Crippen molar-refractivity contribution in [1.29, 1.82) is 0 Å². The maximum absolute atomic E-state index is 6.12. The van der Waals surface area contributed by atoms with Crippen LogP contribution < -0.4 is 0 Å². The van der Waals surface area contributed by atoms with Crippen LogP contribution in [0.4, 0.5) is 0 Å². The summed E-state index contributed by atoms with van der Waals surface area (Å²) in [5.41, 5.74) is 4.22. The van der Waals surface area contributed by atoms with Crippen molar-refractivity contribution in [2.45, 2.75) is 18.5 Å². The van der Waals surface area contributed by atoms with E-state index in [4.69, 9.17) is 21.3 Å². The number of aromatic nitrogens is 2. The van der Waals surface area contributed by atoms with E-state index in [2.05, 4.69) is 62.8 Å². The quantitative estimate of drug-likeness (QED) is 0.390. The lowest BCUT2D eigenvalue weighted by molar-refractivity contribution is 0.233. The fraction of sp³-hybridized carbons (Fsp3) is 0.167. The third kappa shape index (κ3) is 4.04. The van der Waals surface area contributed by atoms with E-state index in [1.807, 2.05) is 24.7 Å². The minimum absolute atomic E-state index is 0.393. The van der Waals surface area contributed by atoms with Crippen LogP contribution >= 0.6 is 22.9 Å². The van der Waals surface area contributed by atoms with Gasteiger partial charge in [-0.05, 0) is 57.8 Å². The van der Waals surface area contributed by atoms with Gasteiger partial charge >= 0.3 is 0 Å². The van der Waals surface area contributed by atoms with E-state index >= 15 is 0 Å². The second kappa shape index (κ2) is 8.09. The van der Waals surface area contributed by atoms with Gasteiger partial charge in [-0.25, -0.2) is 9.98 Å². The summed E-state index contributed by atoms with van der Waals surface area (Å²) in [6.07, 6.45) is 6.35. The van der Waals surface area contributed by atoms with Crippen LogP contribution in [-0.4, -0.2) is 27.6 Å². The average Bonchev–Trinajstić information content (AvgIpc) is 3.53. The molecule has 30 heavy (non-hydrogen) atoms. The molecule has 4 nitrogen and oxygen atoms in total. The van der Waals surface area contributed by atoms with Gasteiger partial charge in [-0.2, -0.15) is 11.3 Å². The summed E-state index contributed by atoms with van der Waals surface area (Å²) in [5.74, 6) is 0.695. The minimum atomic E-state index is -0.393. The summed E-state index contributed by atoms with van der Waals surface area (Å²) in [7, 11) is 0. The average molecular weight is 434 g/mol. The van der Waals surface area contributed by atoms with Crippen molar-refractivity contribution in [3.8, 4) is 11.1 Å². The van der Waals surface area contributed by atoms with Crippen molar-refractivity contribution in [3.63, 3.8) is 0 Å². The molecule has 5 rings (SSSR count). The first-order valence-corrected chi connectivity index (χ1v) is 11.1. The monoisotopic (exact) mass is 433 g/mol. The number of imidazole rings is 1. The SMILES string of the molecule is Clc1ccc(CC2(Cn3ccnc3)COC(c3ccc(-c4ccsc4)cc3)=N2)cc1. The van der Waals surface area contributed by atoms with Gasteiger partial charge in [-0.1, -0.05) is 35.9 Å². The van der Waals surface area contributed by atoms with Crippen molar-refractivity contribution in [2.24, 2.45) is 4.99 Å². The Bertz CT molecular complexity index is 1140. The standard InChI is InChI=1S/C24H20ClN3OS/c25-22-7-1-18(2-8-22)13-24(15-28-11-10-26-17-28)16-29-23(27-24)20-5-3-19(4-6-20)21-9-12-30-14-21/h1-12,14,17H,13,15-16H2. The van der Waals surface area contributed by atoms with Crippen LogP contribution in [0.15, 0.2) is 89.1 Å². The summed E-state index contributed by atoms with van der Waals surface area (Å²) < 4.78 is 8.18. The zero-order valence-corrected chi connectivity index (χ0v) is 17.8. The minimum Gasteiger partial charge on any atom is -0.475 e. The predicted molar refractivity (Wildman–Crippen MR) is 122 cm³/mol. The summed E-state index contributed by atoms with van der Waals surface area (Å²) in [4.78, 5) is 9.27. The molecule has 2 aromatic heterocycles. The molecule has 0 saturated carbocycles. The molecule has 0 radical (unpaired) electrons. The second-order valence-electron chi connectivity index (χ2n) is 7.56. The van der Waals surface area contributed by atoms with Crippen molar-refractivity contribution in [2.75, 3.05) is 6.61 Å². The van der Waals surface area contributed by atoms with Crippen LogP contribution in [0.1, 0.15) is 11.1 Å². The number of halogens is 1. The molecule has 2 aromatic carbocycles. The van der Waals surface area contributed by atoms with Crippen molar-refractivity contribution in [1.82, 2.24) is 9.55 Å². The van der Waals surface area contributed by atoms with E-state index in [9.17, 15) is 0 Å². The van der Waals surface area contributed by atoms with E-state index in [-0.39, 0.29) is 0 Å². The predicted octanol–water partition coefficient (Wildman–Crippen LogP) is 5.72. The molecule has 1 aliphatic heterocycles. The molecular weight excluding hydrogens is 414 g/mol. The fourth-order valence-corrected chi connectivity index (χ4v) is 4.59. The second-order valence-corrected chi connectivity index (χ2v) is 8.77. The first kappa shape index (κ1) is 19.1. The number of aliphatic imine (C=N–C) groups is 1. The highest BCUT2D eigenvalue weighted by Gasteiger charge is 2.37. The number of benzene rings is 2. The lowest BCUT2D eigenvalue weighted by Crippen LogP contribution is -2.36. The van der Waals surface area contributed by atoms with Gasteiger partial charge in [0.2, 0.25) is 5.90 Å². The summed E-state index contributed by atoms with van der Waals surface area (Å²) in [6, 6.07) is 18.5. The Morgan fingerprint density at radius 3 is 2.50 bits per heavy atom. The van der Waals surface area contributed by atoms with Gasteiger partial charge in [-0.15, -0.1) is 0 Å². The van der Waals surface area contributed by atoms with E-state index in [0.717, 1.165) is 17.0 Å². The summed E-state index contributed by atoms with van der Waals surface area (Å²) >= 11 is 7.77. The smallest absolute Gasteiger partial charge is 0.216 e. The van der Waals surface area contributed by atoms with Gasteiger partial charge in [0.1, 0.15) is 12.1 Å². The Morgan fingerprint density at radius 1 is 1.00 bits per heavy atom. The summed E-state index contributed by atoms with van der Waals surface area (Å²) in [6.45, 7) is 1.22. The maximum Gasteiger partial charge on any atom is 0.216 e. The Kier molecular flexibility index (Phi) is 5.15. The van der Waals surface area contributed by atoms with Gasteiger partial charge in [0.25, 0.3) is 0 Å². The van der Waals surface area contributed by atoms with Crippen molar-refractivity contribution < 1.29 is 4.74 Å². The highest BCUT2D eigenvalue weighted by molar-refractivity contribution is 7.08. The Labute approximate surface area is 184 Å². The van der Waals surface area contributed by atoms with Crippen LogP contribution in [-0.2, 0) is 17.7 Å². The topological polar surface area (TPSA) is 39.4 Å². The van der Waals surface area contributed by atoms with Crippen LogP contribution in [0.25, 0.3) is 11.1 Å². The fourth-order valence-electron chi connectivity index (χ4n) is 3.79. The molecular formula is C24H20ClN3OS. The Balaban J connectivity index is 1.44. The van der Waals surface area contributed by atoms with Crippen molar-refractivity contribution in [3.05, 3.63) is 100 Å². The molecule has 150 valence electrons. The Hall–Kier alpha value is -2.89. The van der Waals surface area contributed by atoms with Gasteiger partial charge in [0.15, 0.2) is 0 Å². The highest BCUT2D eigenvalue weighted by Crippen LogP contribution is 2.30. The molecule has 0 bridgehead atoms. The first-order valence-electron chi connectivity index (χ1n) is 9.75. The number of nitrogens with zero attached hydrogens (tertiary/aromatic N) is 3. The van der Waals surface area contributed by atoms with Crippen molar-refractivity contribution >= 4 is 28.8 Å². The van der Waals surface area contributed by atoms with E-state index in [0.29, 0.717) is 19.0 Å². The molecule has 0 aliphatic carbocycles. The zero-order valence-electron chi connectivity index (χ0n) is 16.2. The molecule has 0 spiro atoms. The molecule has 6 heteroatoms. The van der Waals surface area contributed by atoms with Gasteiger partial charge in [0.05, 0.1) is 12.9 Å². The van der Waals surface area contributed by atoms with Gasteiger partial charge in [0, 0.05) is 29.4 Å². The molecule has 0 fully saturated rings. The van der Waals surface area contributed by atoms with E-state index < -0.39 is 5.54 Å². The lowest BCUT2D eigenvalue weighted by atomic mass is 9.92. The number of hydrogen-bond acceptors (Lipinski definition) is 4. The van der Waals surface area contributed by atoms with Crippen LogP contribution in [0.2, 0.25) is 5.02 Å². The lowest BCUT2D eigenvalue weighted by Gasteiger charge is -2.24. The number of hydrogen-bond donors (Lipinski definition) is 0. The molecule has 4 aromatic rings. The van der Waals surface area contributed by atoms with Crippen LogP contribution in [0, 0.1) is 0 Å². The molecule has 0 saturated heterocycles. The largest absolute Gasteiger partial charge is 0.475 e. The third-order valence-electron chi connectivity index (χ3n) is 5.29. The number of thiophene rings is 1. The number of rotatable bonds is 6. The molecule has 3 heterocycles.